The molecule has 0 amide bonds. The van der Waals surface area contributed by atoms with Gasteiger partial charge in [-0.1, -0.05) is 31.2 Å². The van der Waals surface area contributed by atoms with E-state index in [-0.39, 0.29) is 16.7 Å². The quantitative estimate of drug-likeness (QED) is 0.326. The molecule has 0 aliphatic heterocycles. The second kappa shape index (κ2) is 8.45. The highest BCUT2D eigenvalue weighted by molar-refractivity contribution is 5.35. The lowest BCUT2D eigenvalue weighted by Crippen LogP contribution is -2.25. The van der Waals surface area contributed by atoms with Gasteiger partial charge in [0.05, 0.1) is 18.1 Å². The molecule has 0 bridgehead atoms. The summed E-state index contributed by atoms with van der Waals surface area (Å²) in [5.74, 6) is 0. The SMILES string of the molecule is C=C(C)COCCNC(CC)c1cccc([N+](=O)[O-])c1. The molecule has 5 nitrogen and oxygen atoms in total. The van der Waals surface area contributed by atoms with E-state index in [1.54, 1.807) is 12.1 Å². The fourth-order valence-electron chi connectivity index (χ4n) is 1.90. The van der Waals surface area contributed by atoms with Gasteiger partial charge in [-0.05, 0) is 18.9 Å². The van der Waals surface area contributed by atoms with Crippen molar-refractivity contribution in [2.45, 2.75) is 26.3 Å². The van der Waals surface area contributed by atoms with Gasteiger partial charge in [0, 0.05) is 24.7 Å². The third kappa shape index (κ3) is 5.50. The molecule has 1 atom stereocenters. The molecule has 0 aliphatic rings. The maximum absolute atomic E-state index is 10.8. The van der Waals surface area contributed by atoms with Crippen molar-refractivity contribution < 1.29 is 9.66 Å². The van der Waals surface area contributed by atoms with Crippen molar-refractivity contribution in [2.24, 2.45) is 0 Å². The van der Waals surface area contributed by atoms with Gasteiger partial charge in [-0.15, -0.1) is 0 Å². The summed E-state index contributed by atoms with van der Waals surface area (Å²) in [4.78, 5) is 10.4. The summed E-state index contributed by atoms with van der Waals surface area (Å²) >= 11 is 0. The highest BCUT2D eigenvalue weighted by atomic mass is 16.6. The smallest absolute Gasteiger partial charge is 0.269 e. The molecular weight excluding hydrogens is 256 g/mol. The summed E-state index contributed by atoms with van der Waals surface area (Å²) < 4.78 is 5.42. The Labute approximate surface area is 119 Å². The number of nitrogens with one attached hydrogen (secondary N) is 1. The molecule has 0 heterocycles. The van der Waals surface area contributed by atoms with Crippen LogP contribution < -0.4 is 5.32 Å². The molecule has 110 valence electrons. The highest BCUT2D eigenvalue weighted by Crippen LogP contribution is 2.21. The molecule has 0 aromatic heterocycles. The highest BCUT2D eigenvalue weighted by Gasteiger charge is 2.12. The minimum absolute atomic E-state index is 0.100. The van der Waals surface area contributed by atoms with E-state index >= 15 is 0 Å². The first-order valence-corrected chi connectivity index (χ1v) is 6.74. The summed E-state index contributed by atoms with van der Waals surface area (Å²) in [5, 5.41) is 14.1. The lowest BCUT2D eigenvalue weighted by molar-refractivity contribution is -0.384. The fourth-order valence-corrected chi connectivity index (χ4v) is 1.90. The van der Waals surface area contributed by atoms with E-state index in [0.29, 0.717) is 19.8 Å². The Morgan fingerprint density at radius 2 is 2.30 bits per heavy atom. The van der Waals surface area contributed by atoms with Gasteiger partial charge in [0.15, 0.2) is 0 Å². The molecule has 1 aromatic carbocycles. The Balaban J connectivity index is 2.51. The van der Waals surface area contributed by atoms with Crippen molar-refractivity contribution in [3.63, 3.8) is 0 Å². The third-order valence-corrected chi connectivity index (χ3v) is 2.88. The number of ether oxygens (including phenoxy) is 1. The molecule has 1 N–H and O–H groups in total. The molecule has 0 spiro atoms. The second-order valence-electron chi connectivity index (χ2n) is 4.78. The monoisotopic (exact) mass is 278 g/mol. The van der Waals surface area contributed by atoms with Crippen LogP contribution in [0, 0.1) is 10.1 Å². The van der Waals surface area contributed by atoms with Crippen LogP contribution >= 0.6 is 0 Å². The number of hydrogen-bond acceptors (Lipinski definition) is 4. The molecular formula is C15H22N2O3. The fraction of sp³-hybridized carbons (Fsp3) is 0.467. The molecule has 1 rings (SSSR count). The van der Waals surface area contributed by atoms with Crippen LogP contribution in [0.2, 0.25) is 0 Å². The zero-order valence-corrected chi connectivity index (χ0v) is 12.1. The Morgan fingerprint density at radius 3 is 2.90 bits per heavy atom. The first-order valence-electron chi connectivity index (χ1n) is 6.74. The van der Waals surface area contributed by atoms with Crippen LogP contribution in [0.3, 0.4) is 0 Å². The molecule has 5 heteroatoms. The molecule has 0 aliphatic carbocycles. The summed E-state index contributed by atoms with van der Waals surface area (Å²) in [6, 6.07) is 6.85. The predicted molar refractivity (Wildman–Crippen MR) is 79.8 cm³/mol. The Bertz CT molecular complexity index is 460. The Hall–Kier alpha value is -1.72. The molecule has 1 unspecified atom stereocenters. The summed E-state index contributed by atoms with van der Waals surface area (Å²) in [5.41, 5.74) is 2.05. The average Bonchev–Trinajstić information content (AvgIpc) is 2.42. The first-order chi connectivity index (χ1) is 9.54. The van der Waals surface area contributed by atoms with Crippen molar-refractivity contribution in [3.05, 3.63) is 52.1 Å². The van der Waals surface area contributed by atoms with Gasteiger partial charge in [0.1, 0.15) is 0 Å². The van der Waals surface area contributed by atoms with E-state index < -0.39 is 0 Å². The minimum Gasteiger partial charge on any atom is -0.376 e. The topological polar surface area (TPSA) is 64.4 Å². The summed E-state index contributed by atoms with van der Waals surface area (Å²) in [7, 11) is 0. The number of hydrogen-bond donors (Lipinski definition) is 1. The van der Waals surface area contributed by atoms with Crippen molar-refractivity contribution in [3.8, 4) is 0 Å². The van der Waals surface area contributed by atoms with Crippen LogP contribution in [0.15, 0.2) is 36.4 Å². The van der Waals surface area contributed by atoms with Gasteiger partial charge in [0.25, 0.3) is 5.69 Å². The van der Waals surface area contributed by atoms with Crippen molar-refractivity contribution >= 4 is 5.69 Å². The van der Waals surface area contributed by atoms with Crippen LogP contribution in [-0.2, 0) is 4.74 Å². The van der Waals surface area contributed by atoms with Gasteiger partial charge < -0.3 is 10.1 Å². The molecule has 1 aromatic rings. The Morgan fingerprint density at radius 1 is 1.55 bits per heavy atom. The van der Waals surface area contributed by atoms with Gasteiger partial charge >= 0.3 is 0 Å². The molecule has 20 heavy (non-hydrogen) atoms. The van der Waals surface area contributed by atoms with Crippen molar-refractivity contribution in [1.82, 2.24) is 5.32 Å². The number of nitrogens with zero attached hydrogens (tertiary/aromatic N) is 1. The number of rotatable bonds is 9. The van der Waals surface area contributed by atoms with E-state index in [2.05, 4.69) is 11.9 Å². The van der Waals surface area contributed by atoms with Crippen LogP contribution in [-0.4, -0.2) is 24.7 Å². The second-order valence-corrected chi connectivity index (χ2v) is 4.78. The summed E-state index contributed by atoms with van der Waals surface area (Å²) in [6.07, 6.45) is 0.863. The van der Waals surface area contributed by atoms with Crippen LogP contribution in [0.5, 0.6) is 0 Å². The maximum Gasteiger partial charge on any atom is 0.269 e. The molecule has 0 saturated heterocycles. The van der Waals surface area contributed by atoms with Gasteiger partial charge in [-0.25, -0.2) is 0 Å². The van der Waals surface area contributed by atoms with E-state index in [1.807, 2.05) is 19.9 Å². The number of benzene rings is 1. The minimum atomic E-state index is -0.369. The summed E-state index contributed by atoms with van der Waals surface area (Å²) in [6.45, 7) is 9.60. The number of nitro benzene ring substituents is 1. The van der Waals surface area contributed by atoms with Crippen molar-refractivity contribution in [1.29, 1.82) is 0 Å². The number of nitro groups is 1. The predicted octanol–water partition coefficient (Wildman–Crippen LogP) is 3.23. The molecule has 0 fully saturated rings. The van der Waals surface area contributed by atoms with Crippen LogP contribution in [0.4, 0.5) is 5.69 Å². The number of non-ortho nitro benzene ring substituents is 1. The molecule has 0 radical (unpaired) electrons. The lowest BCUT2D eigenvalue weighted by atomic mass is 10.0. The van der Waals surface area contributed by atoms with Gasteiger partial charge in [0.2, 0.25) is 0 Å². The largest absolute Gasteiger partial charge is 0.376 e. The molecule has 0 saturated carbocycles. The maximum atomic E-state index is 10.8. The van der Waals surface area contributed by atoms with Gasteiger partial charge in [-0.3, -0.25) is 10.1 Å². The first kappa shape index (κ1) is 16.3. The zero-order valence-electron chi connectivity index (χ0n) is 12.1. The van der Waals surface area contributed by atoms with Crippen LogP contribution in [0.1, 0.15) is 31.9 Å². The average molecular weight is 278 g/mol. The van der Waals surface area contributed by atoms with E-state index in [9.17, 15) is 10.1 Å². The van der Waals surface area contributed by atoms with E-state index in [4.69, 9.17) is 4.74 Å². The van der Waals surface area contributed by atoms with Gasteiger partial charge in [-0.2, -0.15) is 0 Å². The van der Waals surface area contributed by atoms with Crippen LogP contribution in [0.25, 0.3) is 0 Å². The Kier molecular flexibility index (Phi) is 6.90. The standard InChI is InChI=1S/C15H22N2O3/c1-4-15(16-8-9-20-11-12(2)3)13-6-5-7-14(10-13)17(18)19/h5-7,10,15-16H,2,4,8-9,11H2,1,3H3. The third-order valence-electron chi connectivity index (χ3n) is 2.88. The van der Waals surface area contributed by atoms with E-state index in [1.165, 1.54) is 6.07 Å². The zero-order chi connectivity index (χ0) is 15.0. The van der Waals surface area contributed by atoms with E-state index in [0.717, 1.165) is 17.6 Å². The van der Waals surface area contributed by atoms with Crippen molar-refractivity contribution in [2.75, 3.05) is 19.8 Å². The lowest BCUT2D eigenvalue weighted by Gasteiger charge is -2.17. The normalized spacial score (nSPS) is 12.1.